The Labute approximate surface area is 125 Å². The van der Waals surface area contributed by atoms with Crippen LogP contribution in [-0.2, 0) is 11.3 Å². The SMILES string of the molecule is Cc1ccccc1C(C)NC(=O)Cn1nc(C)c(N)c1C. The third-order valence-corrected chi connectivity index (χ3v) is 3.76. The van der Waals surface area contributed by atoms with Crippen LogP contribution in [0, 0.1) is 20.8 Å². The number of aromatic nitrogens is 2. The summed E-state index contributed by atoms with van der Waals surface area (Å²) in [5, 5.41) is 7.28. The normalized spacial score (nSPS) is 12.2. The number of nitrogens with two attached hydrogens (primary N) is 1. The Kier molecular flexibility index (Phi) is 4.31. The Morgan fingerprint density at radius 1 is 1.33 bits per heavy atom. The third kappa shape index (κ3) is 3.24. The summed E-state index contributed by atoms with van der Waals surface area (Å²) in [5.74, 6) is -0.0728. The van der Waals surface area contributed by atoms with Gasteiger partial charge in [-0.1, -0.05) is 24.3 Å². The van der Waals surface area contributed by atoms with Crippen molar-refractivity contribution in [1.82, 2.24) is 15.1 Å². The number of amides is 1. The van der Waals surface area contributed by atoms with E-state index in [1.165, 1.54) is 5.56 Å². The summed E-state index contributed by atoms with van der Waals surface area (Å²) in [6.07, 6.45) is 0. The van der Waals surface area contributed by atoms with Crippen molar-refractivity contribution < 1.29 is 4.79 Å². The van der Waals surface area contributed by atoms with Crippen molar-refractivity contribution in [1.29, 1.82) is 0 Å². The van der Waals surface area contributed by atoms with E-state index in [-0.39, 0.29) is 18.5 Å². The van der Waals surface area contributed by atoms with Crippen LogP contribution in [-0.4, -0.2) is 15.7 Å². The van der Waals surface area contributed by atoms with Crippen LogP contribution in [0.1, 0.15) is 35.5 Å². The van der Waals surface area contributed by atoms with Crippen LogP contribution in [0.15, 0.2) is 24.3 Å². The lowest BCUT2D eigenvalue weighted by molar-refractivity contribution is -0.122. The first-order valence-corrected chi connectivity index (χ1v) is 7.04. The summed E-state index contributed by atoms with van der Waals surface area (Å²) in [6.45, 7) is 7.91. The molecule has 0 bridgehead atoms. The van der Waals surface area contributed by atoms with Gasteiger partial charge in [-0.25, -0.2) is 0 Å². The van der Waals surface area contributed by atoms with Gasteiger partial charge in [0.15, 0.2) is 0 Å². The predicted molar refractivity (Wildman–Crippen MR) is 83.9 cm³/mol. The Balaban J connectivity index is 2.05. The average molecular weight is 286 g/mol. The molecule has 5 heteroatoms. The van der Waals surface area contributed by atoms with E-state index >= 15 is 0 Å². The predicted octanol–water partition coefficient (Wildman–Crippen LogP) is 2.27. The fourth-order valence-corrected chi connectivity index (χ4v) is 2.44. The maximum atomic E-state index is 12.2. The van der Waals surface area contributed by atoms with Crippen molar-refractivity contribution in [2.75, 3.05) is 5.73 Å². The van der Waals surface area contributed by atoms with E-state index in [2.05, 4.69) is 10.4 Å². The number of anilines is 1. The van der Waals surface area contributed by atoms with Gasteiger partial charge < -0.3 is 11.1 Å². The van der Waals surface area contributed by atoms with Crippen molar-refractivity contribution in [3.05, 3.63) is 46.8 Å². The van der Waals surface area contributed by atoms with Crippen LogP contribution in [0.4, 0.5) is 5.69 Å². The van der Waals surface area contributed by atoms with E-state index in [4.69, 9.17) is 5.73 Å². The van der Waals surface area contributed by atoms with E-state index < -0.39 is 0 Å². The zero-order valence-electron chi connectivity index (χ0n) is 13.0. The second-order valence-electron chi connectivity index (χ2n) is 5.39. The maximum Gasteiger partial charge on any atom is 0.242 e. The van der Waals surface area contributed by atoms with Crippen LogP contribution in [0.2, 0.25) is 0 Å². The van der Waals surface area contributed by atoms with E-state index in [1.807, 2.05) is 52.0 Å². The van der Waals surface area contributed by atoms with Gasteiger partial charge in [0.1, 0.15) is 6.54 Å². The Hall–Kier alpha value is -2.30. The Bertz CT molecular complexity index is 660. The lowest BCUT2D eigenvalue weighted by atomic mass is 10.0. The number of aryl methyl sites for hydroxylation is 2. The number of hydrogen-bond acceptors (Lipinski definition) is 3. The van der Waals surface area contributed by atoms with E-state index in [0.29, 0.717) is 5.69 Å². The second kappa shape index (κ2) is 5.99. The van der Waals surface area contributed by atoms with Crippen molar-refractivity contribution >= 4 is 11.6 Å². The average Bonchev–Trinajstić information content (AvgIpc) is 2.66. The molecule has 1 unspecified atom stereocenters. The van der Waals surface area contributed by atoms with Crippen LogP contribution >= 0.6 is 0 Å². The van der Waals surface area contributed by atoms with E-state index in [0.717, 1.165) is 17.0 Å². The number of hydrogen-bond donors (Lipinski definition) is 2. The number of nitrogen functional groups attached to an aromatic ring is 1. The van der Waals surface area contributed by atoms with Crippen LogP contribution in [0.25, 0.3) is 0 Å². The quantitative estimate of drug-likeness (QED) is 0.905. The number of carbonyl (C=O) groups excluding carboxylic acids is 1. The molecule has 1 amide bonds. The summed E-state index contributed by atoms with van der Waals surface area (Å²) < 4.78 is 1.64. The zero-order chi connectivity index (χ0) is 15.6. The van der Waals surface area contributed by atoms with Gasteiger partial charge in [0.2, 0.25) is 5.91 Å². The molecule has 0 saturated heterocycles. The molecule has 0 fully saturated rings. The van der Waals surface area contributed by atoms with Gasteiger partial charge in [-0.05, 0) is 38.8 Å². The molecule has 0 radical (unpaired) electrons. The van der Waals surface area contributed by atoms with Crippen LogP contribution in [0.3, 0.4) is 0 Å². The molecule has 2 rings (SSSR count). The minimum absolute atomic E-state index is 0.0342. The lowest BCUT2D eigenvalue weighted by Crippen LogP contribution is -2.31. The molecule has 21 heavy (non-hydrogen) atoms. The highest BCUT2D eigenvalue weighted by molar-refractivity contribution is 5.76. The van der Waals surface area contributed by atoms with Gasteiger partial charge in [0.25, 0.3) is 0 Å². The summed E-state index contributed by atoms with van der Waals surface area (Å²) in [6, 6.07) is 8.01. The number of rotatable bonds is 4. The van der Waals surface area contributed by atoms with E-state index in [9.17, 15) is 4.79 Å². The molecule has 0 spiro atoms. The molecule has 0 aliphatic carbocycles. The molecule has 2 aromatic rings. The lowest BCUT2D eigenvalue weighted by Gasteiger charge is -2.16. The molecule has 0 aliphatic rings. The van der Waals surface area contributed by atoms with Gasteiger partial charge in [-0.3, -0.25) is 9.48 Å². The Morgan fingerprint density at radius 3 is 2.57 bits per heavy atom. The minimum Gasteiger partial charge on any atom is -0.396 e. The molecule has 1 aromatic heterocycles. The number of nitrogens with one attached hydrogen (secondary N) is 1. The molecule has 1 atom stereocenters. The Morgan fingerprint density at radius 2 is 2.00 bits per heavy atom. The van der Waals surface area contributed by atoms with Gasteiger partial charge in [-0.2, -0.15) is 5.10 Å². The molecule has 0 saturated carbocycles. The molecule has 112 valence electrons. The highest BCUT2D eigenvalue weighted by Gasteiger charge is 2.14. The van der Waals surface area contributed by atoms with Crippen molar-refractivity contribution in [2.24, 2.45) is 0 Å². The maximum absolute atomic E-state index is 12.2. The van der Waals surface area contributed by atoms with Gasteiger partial charge in [-0.15, -0.1) is 0 Å². The van der Waals surface area contributed by atoms with Crippen LogP contribution in [0.5, 0.6) is 0 Å². The number of benzene rings is 1. The fourth-order valence-electron chi connectivity index (χ4n) is 2.44. The van der Waals surface area contributed by atoms with E-state index in [1.54, 1.807) is 4.68 Å². The van der Waals surface area contributed by atoms with Crippen molar-refractivity contribution in [3.8, 4) is 0 Å². The molecule has 1 aromatic carbocycles. The highest BCUT2D eigenvalue weighted by atomic mass is 16.2. The molecular formula is C16H22N4O. The first-order valence-electron chi connectivity index (χ1n) is 7.04. The van der Waals surface area contributed by atoms with Gasteiger partial charge in [0, 0.05) is 0 Å². The minimum atomic E-state index is -0.0728. The monoisotopic (exact) mass is 286 g/mol. The molecule has 0 aliphatic heterocycles. The smallest absolute Gasteiger partial charge is 0.242 e. The summed E-state index contributed by atoms with van der Waals surface area (Å²) in [4.78, 5) is 12.2. The molecular weight excluding hydrogens is 264 g/mol. The van der Waals surface area contributed by atoms with Crippen LogP contribution < -0.4 is 11.1 Å². The standard InChI is InChI=1S/C16H22N4O/c1-10-7-5-6-8-14(10)11(2)18-15(21)9-20-13(4)16(17)12(3)19-20/h5-8,11H,9,17H2,1-4H3,(H,18,21). The summed E-state index contributed by atoms with van der Waals surface area (Å²) in [7, 11) is 0. The first-order chi connectivity index (χ1) is 9.90. The highest BCUT2D eigenvalue weighted by Crippen LogP contribution is 2.17. The number of carbonyl (C=O) groups is 1. The largest absolute Gasteiger partial charge is 0.396 e. The van der Waals surface area contributed by atoms with Crippen molar-refractivity contribution in [3.63, 3.8) is 0 Å². The fraction of sp³-hybridized carbons (Fsp3) is 0.375. The second-order valence-corrected chi connectivity index (χ2v) is 5.39. The zero-order valence-corrected chi connectivity index (χ0v) is 13.0. The first kappa shape index (κ1) is 15.1. The molecule has 1 heterocycles. The van der Waals surface area contributed by atoms with Gasteiger partial charge >= 0.3 is 0 Å². The topological polar surface area (TPSA) is 72.9 Å². The van der Waals surface area contributed by atoms with Gasteiger partial charge in [0.05, 0.1) is 23.1 Å². The third-order valence-electron chi connectivity index (χ3n) is 3.76. The molecule has 3 N–H and O–H groups in total. The summed E-state index contributed by atoms with van der Waals surface area (Å²) >= 11 is 0. The summed E-state index contributed by atoms with van der Waals surface area (Å²) in [5.41, 5.74) is 10.4. The number of nitrogens with zero attached hydrogens (tertiary/aromatic N) is 2. The van der Waals surface area contributed by atoms with Crippen molar-refractivity contribution in [2.45, 2.75) is 40.3 Å². The molecule has 5 nitrogen and oxygen atoms in total.